The third-order valence-corrected chi connectivity index (χ3v) is 4.99. The van der Waals surface area contributed by atoms with E-state index < -0.39 is 0 Å². The SMILES string of the molecule is CC(C)C(=O)C/C=C(/Cc1ccccc1Cl)NC(=O)c1ccc2cc[nH]c2c1. The summed E-state index contributed by atoms with van der Waals surface area (Å²) in [5.74, 6) is -0.144. The molecule has 0 spiro atoms. The monoisotopic (exact) mass is 394 g/mol. The average molecular weight is 395 g/mol. The summed E-state index contributed by atoms with van der Waals surface area (Å²) in [6, 6.07) is 15.0. The Morgan fingerprint density at radius 3 is 2.68 bits per heavy atom. The molecule has 3 aromatic rings. The Morgan fingerprint density at radius 2 is 1.93 bits per heavy atom. The number of rotatable bonds is 7. The summed E-state index contributed by atoms with van der Waals surface area (Å²) < 4.78 is 0. The van der Waals surface area contributed by atoms with Crippen LogP contribution in [0.3, 0.4) is 0 Å². The number of benzene rings is 2. The number of amides is 1. The molecule has 1 heterocycles. The number of nitrogens with one attached hydrogen (secondary N) is 2. The van der Waals surface area contributed by atoms with Crippen LogP contribution in [0.1, 0.15) is 36.2 Å². The van der Waals surface area contributed by atoms with Gasteiger partial charge in [0.1, 0.15) is 5.78 Å². The van der Waals surface area contributed by atoms with Crippen molar-refractivity contribution in [1.29, 1.82) is 0 Å². The van der Waals surface area contributed by atoms with E-state index >= 15 is 0 Å². The van der Waals surface area contributed by atoms with Crippen molar-refractivity contribution in [2.75, 3.05) is 0 Å². The number of hydrogen-bond acceptors (Lipinski definition) is 2. The average Bonchev–Trinajstić information content (AvgIpc) is 3.15. The lowest BCUT2D eigenvalue weighted by Gasteiger charge is -2.12. The first kappa shape index (κ1) is 19.9. The highest BCUT2D eigenvalue weighted by Crippen LogP contribution is 2.19. The molecule has 4 nitrogen and oxygen atoms in total. The molecule has 0 atom stereocenters. The summed E-state index contributed by atoms with van der Waals surface area (Å²) >= 11 is 6.28. The zero-order chi connectivity index (χ0) is 20.1. The third-order valence-electron chi connectivity index (χ3n) is 4.62. The highest BCUT2D eigenvalue weighted by atomic mass is 35.5. The largest absolute Gasteiger partial charge is 0.361 e. The number of halogens is 1. The van der Waals surface area contributed by atoms with E-state index in [1.54, 1.807) is 12.1 Å². The van der Waals surface area contributed by atoms with Gasteiger partial charge in [-0.05, 0) is 35.2 Å². The molecule has 0 aliphatic rings. The van der Waals surface area contributed by atoms with Crippen molar-refractivity contribution < 1.29 is 9.59 Å². The minimum absolute atomic E-state index is 0.0520. The van der Waals surface area contributed by atoms with Crippen LogP contribution in [0.15, 0.2) is 66.5 Å². The number of H-pyrrole nitrogens is 1. The maximum Gasteiger partial charge on any atom is 0.255 e. The van der Waals surface area contributed by atoms with Gasteiger partial charge in [-0.15, -0.1) is 0 Å². The number of ketones is 1. The summed E-state index contributed by atoms with van der Waals surface area (Å²) in [4.78, 5) is 28.0. The van der Waals surface area contributed by atoms with Crippen LogP contribution in [-0.4, -0.2) is 16.7 Å². The molecule has 0 radical (unpaired) electrons. The van der Waals surface area contributed by atoms with E-state index in [1.165, 1.54) is 0 Å². The Balaban J connectivity index is 1.82. The summed E-state index contributed by atoms with van der Waals surface area (Å²) in [7, 11) is 0. The molecular formula is C23H23ClN2O2. The van der Waals surface area contributed by atoms with Crippen molar-refractivity contribution in [3.8, 4) is 0 Å². The van der Waals surface area contributed by atoms with Gasteiger partial charge in [-0.25, -0.2) is 0 Å². The van der Waals surface area contributed by atoms with Crippen molar-refractivity contribution in [2.45, 2.75) is 26.7 Å². The van der Waals surface area contributed by atoms with Gasteiger partial charge in [-0.3, -0.25) is 9.59 Å². The zero-order valence-corrected chi connectivity index (χ0v) is 16.7. The van der Waals surface area contributed by atoms with E-state index in [2.05, 4.69) is 10.3 Å². The van der Waals surface area contributed by atoms with E-state index in [9.17, 15) is 9.59 Å². The molecule has 0 saturated carbocycles. The number of carbonyl (C=O) groups is 2. The second-order valence-electron chi connectivity index (χ2n) is 7.06. The quantitative estimate of drug-likeness (QED) is 0.571. The maximum absolute atomic E-state index is 12.8. The summed E-state index contributed by atoms with van der Waals surface area (Å²) in [5, 5.41) is 4.63. The number of fused-ring (bicyclic) bond motifs is 1. The predicted octanol–water partition coefficient (Wildman–Crippen LogP) is 5.29. The molecule has 1 aromatic heterocycles. The van der Waals surface area contributed by atoms with E-state index in [0.717, 1.165) is 16.5 Å². The third kappa shape index (κ3) is 4.90. The first-order valence-corrected chi connectivity index (χ1v) is 9.65. The van der Waals surface area contributed by atoms with E-state index in [0.29, 0.717) is 22.7 Å². The Kier molecular flexibility index (Phi) is 6.32. The van der Waals surface area contributed by atoms with Crippen LogP contribution in [0.25, 0.3) is 10.9 Å². The van der Waals surface area contributed by atoms with Gasteiger partial charge in [0, 0.05) is 46.8 Å². The topological polar surface area (TPSA) is 62.0 Å². The molecule has 5 heteroatoms. The standard InChI is InChI=1S/C23H23ClN2O2/c1-15(2)22(27)10-9-19(13-17-5-3-4-6-20(17)24)26-23(28)18-8-7-16-11-12-25-21(16)14-18/h3-9,11-12,14-15,25H,10,13H2,1-2H3,(H,26,28)/b19-9-. The van der Waals surface area contributed by atoms with Gasteiger partial charge in [0.25, 0.3) is 5.91 Å². The van der Waals surface area contributed by atoms with Crippen molar-refractivity contribution in [1.82, 2.24) is 10.3 Å². The lowest BCUT2D eigenvalue weighted by atomic mass is 10.0. The minimum Gasteiger partial charge on any atom is -0.361 e. The van der Waals surface area contributed by atoms with Crippen molar-refractivity contribution in [3.63, 3.8) is 0 Å². The highest BCUT2D eigenvalue weighted by Gasteiger charge is 2.12. The summed E-state index contributed by atoms with van der Waals surface area (Å²) in [6.45, 7) is 3.74. The molecule has 0 saturated heterocycles. The number of hydrogen-bond donors (Lipinski definition) is 2. The molecule has 2 N–H and O–H groups in total. The molecule has 0 fully saturated rings. The molecule has 2 aromatic carbocycles. The molecular weight excluding hydrogens is 372 g/mol. The number of aromatic amines is 1. The number of Topliss-reactive ketones (excluding diaryl/α,β-unsaturated/α-hetero) is 1. The van der Waals surface area contributed by atoms with Crippen LogP contribution in [0.4, 0.5) is 0 Å². The molecule has 0 unspecified atom stereocenters. The van der Waals surface area contributed by atoms with Crippen molar-refractivity contribution in [2.24, 2.45) is 5.92 Å². The Bertz CT molecular complexity index is 1030. The lowest BCUT2D eigenvalue weighted by molar-refractivity contribution is -0.121. The zero-order valence-electron chi connectivity index (χ0n) is 16.0. The molecule has 3 rings (SSSR count). The second-order valence-corrected chi connectivity index (χ2v) is 7.46. The van der Waals surface area contributed by atoms with Crippen LogP contribution in [0.2, 0.25) is 5.02 Å². The van der Waals surface area contributed by atoms with Crippen LogP contribution in [-0.2, 0) is 11.2 Å². The Morgan fingerprint density at radius 1 is 1.14 bits per heavy atom. The van der Waals surface area contributed by atoms with Crippen LogP contribution in [0.5, 0.6) is 0 Å². The van der Waals surface area contributed by atoms with Gasteiger partial charge in [0.15, 0.2) is 0 Å². The molecule has 28 heavy (non-hydrogen) atoms. The summed E-state index contributed by atoms with van der Waals surface area (Å²) in [6.07, 6.45) is 4.35. The van der Waals surface area contributed by atoms with E-state index in [-0.39, 0.29) is 24.0 Å². The molecule has 0 aliphatic carbocycles. The van der Waals surface area contributed by atoms with Gasteiger partial charge in [-0.1, -0.05) is 55.8 Å². The Labute approximate surface area is 169 Å². The smallest absolute Gasteiger partial charge is 0.255 e. The van der Waals surface area contributed by atoms with Gasteiger partial charge in [-0.2, -0.15) is 0 Å². The fraction of sp³-hybridized carbons (Fsp3) is 0.217. The fourth-order valence-electron chi connectivity index (χ4n) is 2.88. The van der Waals surface area contributed by atoms with Gasteiger partial charge in [0.05, 0.1) is 0 Å². The fourth-order valence-corrected chi connectivity index (χ4v) is 3.08. The van der Waals surface area contributed by atoms with Crippen molar-refractivity contribution >= 4 is 34.2 Å². The maximum atomic E-state index is 12.8. The normalized spacial score (nSPS) is 11.8. The molecule has 1 amide bonds. The number of carbonyl (C=O) groups excluding carboxylic acids is 2. The van der Waals surface area contributed by atoms with Gasteiger partial charge < -0.3 is 10.3 Å². The molecule has 144 valence electrons. The first-order chi connectivity index (χ1) is 13.4. The highest BCUT2D eigenvalue weighted by molar-refractivity contribution is 6.31. The van der Waals surface area contributed by atoms with Gasteiger partial charge in [0.2, 0.25) is 0 Å². The van der Waals surface area contributed by atoms with Crippen LogP contribution in [0, 0.1) is 5.92 Å². The molecule has 0 bridgehead atoms. The first-order valence-electron chi connectivity index (χ1n) is 9.27. The van der Waals surface area contributed by atoms with Crippen molar-refractivity contribution in [3.05, 3.63) is 82.7 Å². The van der Waals surface area contributed by atoms with Crippen LogP contribution < -0.4 is 5.32 Å². The number of allylic oxidation sites excluding steroid dienone is 2. The Hall–Kier alpha value is -2.85. The summed E-state index contributed by atoms with van der Waals surface area (Å²) in [5.41, 5.74) is 3.01. The van der Waals surface area contributed by atoms with Gasteiger partial charge >= 0.3 is 0 Å². The van der Waals surface area contributed by atoms with Crippen LogP contribution >= 0.6 is 11.6 Å². The molecule has 0 aliphatic heterocycles. The number of aromatic nitrogens is 1. The second kappa shape index (κ2) is 8.89. The predicted molar refractivity (Wildman–Crippen MR) is 113 cm³/mol. The van der Waals surface area contributed by atoms with E-state index in [4.69, 9.17) is 11.6 Å². The lowest BCUT2D eigenvalue weighted by Crippen LogP contribution is -2.24. The van der Waals surface area contributed by atoms with E-state index in [1.807, 2.05) is 62.5 Å². The minimum atomic E-state index is -0.216.